The van der Waals surface area contributed by atoms with E-state index in [1.54, 1.807) is 18.5 Å². The zero-order valence-corrected chi connectivity index (χ0v) is 15.8. The predicted octanol–water partition coefficient (Wildman–Crippen LogP) is 5.26. The van der Waals surface area contributed by atoms with Gasteiger partial charge in [-0.3, -0.25) is 0 Å². The number of aryl methyl sites for hydroxylation is 1. The Morgan fingerprint density at radius 1 is 1.38 bits per heavy atom. The lowest BCUT2D eigenvalue weighted by atomic mass is 9.98. The maximum Gasteiger partial charge on any atom is 0.161 e. The van der Waals surface area contributed by atoms with Crippen LogP contribution in [0.2, 0.25) is 5.02 Å². The maximum absolute atomic E-state index is 14.7. The molecule has 0 aliphatic carbocycles. The van der Waals surface area contributed by atoms with Crippen molar-refractivity contribution in [1.82, 2.24) is 4.90 Å². The molecule has 0 spiro atoms. The van der Waals surface area contributed by atoms with E-state index in [1.165, 1.54) is 6.07 Å². The van der Waals surface area contributed by atoms with Crippen molar-refractivity contribution in [2.45, 2.75) is 26.4 Å². The molecule has 0 saturated carbocycles. The Morgan fingerprint density at radius 3 is 2.88 bits per heavy atom. The summed E-state index contributed by atoms with van der Waals surface area (Å²) in [5.41, 5.74) is 3.52. The molecule has 3 rings (SSSR count). The molecular weight excluding hydrogens is 353 g/mol. The number of aliphatic imine (C=N–C) groups is 1. The molecule has 6 heteroatoms. The van der Waals surface area contributed by atoms with Gasteiger partial charge in [0, 0.05) is 42.2 Å². The predicted molar refractivity (Wildman–Crippen MR) is 104 cm³/mol. The van der Waals surface area contributed by atoms with Gasteiger partial charge < -0.3 is 9.74 Å². The molecule has 1 unspecified atom stereocenters. The highest BCUT2D eigenvalue weighted by molar-refractivity contribution is 6.34. The van der Waals surface area contributed by atoms with Crippen LogP contribution in [0.5, 0.6) is 0 Å². The summed E-state index contributed by atoms with van der Waals surface area (Å²) in [6, 6.07) is 10.7. The van der Waals surface area contributed by atoms with Crippen LogP contribution in [0, 0.1) is 12.7 Å². The highest BCUT2D eigenvalue weighted by Gasteiger charge is 2.27. The molecule has 1 heterocycles. The molecule has 1 aliphatic heterocycles. The van der Waals surface area contributed by atoms with Crippen LogP contribution >= 0.6 is 11.6 Å². The maximum atomic E-state index is 14.7. The molecule has 2 aromatic rings. The minimum atomic E-state index is -0.462. The molecule has 4 nitrogen and oxygen atoms in total. The van der Waals surface area contributed by atoms with Crippen LogP contribution in [0.1, 0.15) is 36.1 Å². The van der Waals surface area contributed by atoms with Gasteiger partial charge in [-0.1, -0.05) is 35.0 Å². The Kier molecular flexibility index (Phi) is 5.57. The molecular formula is C20H21ClFN3O. The van der Waals surface area contributed by atoms with Gasteiger partial charge in [-0.15, -0.1) is 0 Å². The number of hydrogen-bond donors (Lipinski definition) is 0. The molecule has 0 fully saturated rings. The smallest absolute Gasteiger partial charge is 0.161 e. The minimum Gasteiger partial charge on any atom is -0.387 e. The molecule has 26 heavy (non-hydrogen) atoms. The number of rotatable bonds is 5. The summed E-state index contributed by atoms with van der Waals surface area (Å²) >= 11 is 6.22. The molecule has 2 aromatic carbocycles. The first kappa shape index (κ1) is 18.4. The van der Waals surface area contributed by atoms with E-state index in [-0.39, 0.29) is 5.82 Å². The summed E-state index contributed by atoms with van der Waals surface area (Å²) in [6.07, 6.45) is 1.71. The van der Waals surface area contributed by atoms with E-state index in [0.29, 0.717) is 22.7 Å². The van der Waals surface area contributed by atoms with Crippen LogP contribution in [0.25, 0.3) is 0 Å². The lowest BCUT2D eigenvalue weighted by molar-refractivity contribution is 0.0829. The molecule has 0 amide bonds. The standard InChI is InChI=1S/C20H21ClFN3O/c1-4-25(3)12-23-18-10-17(22)15(9-13(18)2)20-11-19(24-26-20)14-7-5-6-8-16(14)21/h5-10,12,20H,4,11H2,1-3H3/b23-12-. The number of oxime groups is 1. The second-order valence-corrected chi connectivity index (χ2v) is 6.70. The number of benzene rings is 2. The van der Waals surface area contributed by atoms with Crippen molar-refractivity contribution in [2.24, 2.45) is 10.1 Å². The molecule has 0 aromatic heterocycles. The van der Waals surface area contributed by atoms with Crippen molar-refractivity contribution in [3.05, 3.63) is 63.9 Å². The third-order valence-corrected chi connectivity index (χ3v) is 4.74. The molecule has 1 aliphatic rings. The van der Waals surface area contributed by atoms with Crippen LogP contribution in [-0.4, -0.2) is 30.5 Å². The zero-order valence-electron chi connectivity index (χ0n) is 15.0. The Balaban J connectivity index is 1.80. The first-order chi connectivity index (χ1) is 12.5. The third-order valence-electron chi connectivity index (χ3n) is 4.41. The zero-order chi connectivity index (χ0) is 18.7. The van der Waals surface area contributed by atoms with Gasteiger partial charge in [-0.05, 0) is 31.5 Å². The Labute approximate surface area is 157 Å². The number of nitrogens with zero attached hydrogens (tertiary/aromatic N) is 3. The average molecular weight is 374 g/mol. The van der Waals surface area contributed by atoms with Crippen molar-refractivity contribution in [2.75, 3.05) is 13.6 Å². The van der Waals surface area contributed by atoms with Gasteiger partial charge in [0.15, 0.2) is 6.10 Å². The van der Waals surface area contributed by atoms with Gasteiger partial charge in [0.1, 0.15) is 5.82 Å². The largest absolute Gasteiger partial charge is 0.387 e. The van der Waals surface area contributed by atoms with Crippen LogP contribution in [0.3, 0.4) is 0 Å². The second-order valence-electron chi connectivity index (χ2n) is 6.29. The lowest BCUT2D eigenvalue weighted by Crippen LogP contribution is -2.14. The van der Waals surface area contributed by atoms with Crippen molar-refractivity contribution in [3.8, 4) is 0 Å². The summed E-state index contributed by atoms with van der Waals surface area (Å²) in [7, 11) is 1.92. The Morgan fingerprint density at radius 2 is 2.15 bits per heavy atom. The van der Waals surface area contributed by atoms with Crippen LogP contribution < -0.4 is 0 Å². The van der Waals surface area contributed by atoms with Gasteiger partial charge in [0.05, 0.1) is 17.7 Å². The topological polar surface area (TPSA) is 37.2 Å². The molecule has 0 bridgehead atoms. The van der Waals surface area contributed by atoms with Crippen molar-refractivity contribution >= 4 is 29.3 Å². The molecule has 1 atom stereocenters. The number of halogens is 2. The SMILES string of the molecule is CCN(C)/C=N\c1cc(F)c(C2CC(c3ccccc3Cl)=NO2)cc1C. The Hall–Kier alpha value is -2.40. The number of hydrogen-bond acceptors (Lipinski definition) is 3. The second kappa shape index (κ2) is 7.87. The van der Waals surface area contributed by atoms with Gasteiger partial charge in [-0.2, -0.15) is 0 Å². The fourth-order valence-corrected chi connectivity index (χ4v) is 2.96. The Bertz CT molecular complexity index is 866. The summed E-state index contributed by atoms with van der Waals surface area (Å²) in [6.45, 7) is 4.77. The van der Waals surface area contributed by atoms with E-state index in [2.05, 4.69) is 10.1 Å². The van der Waals surface area contributed by atoms with Crippen LogP contribution in [-0.2, 0) is 4.84 Å². The summed E-state index contributed by atoms with van der Waals surface area (Å²) in [5, 5.41) is 4.73. The van der Waals surface area contributed by atoms with E-state index in [0.717, 1.165) is 23.4 Å². The molecule has 0 saturated heterocycles. The van der Waals surface area contributed by atoms with E-state index in [1.807, 2.05) is 44.0 Å². The van der Waals surface area contributed by atoms with Crippen LogP contribution in [0.15, 0.2) is 46.5 Å². The minimum absolute atomic E-state index is 0.345. The summed E-state index contributed by atoms with van der Waals surface area (Å²) in [4.78, 5) is 11.8. The van der Waals surface area contributed by atoms with E-state index in [4.69, 9.17) is 16.4 Å². The first-order valence-corrected chi connectivity index (χ1v) is 8.89. The summed E-state index contributed by atoms with van der Waals surface area (Å²) in [5.74, 6) is -0.345. The monoisotopic (exact) mass is 373 g/mol. The average Bonchev–Trinajstić information content (AvgIpc) is 3.11. The fraction of sp³-hybridized carbons (Fsp3) is 0.300. The van der Waals surface area contributed by atoms with Gasteiger partial charge in [0.2, 0.25) is 0 Å². The molecule has 0 N–H and O–H groups in total. The molecule has 136 valence electrons. The highest BCUT2D eigenvalue weighted by Crippen LogP contribution is 2.35. The normalized spacial score (nSPS) is 16.7. The fourth-order valence-electron chi connectivity index (χ4n) is 2.72. The first-order valence-electron chi connectivity index (χ1n) is 8.51. The van der Waals surface area contributed by atoms with E-state index >= 15 is 0 Å². The van der Waals surface area contributed by atoms with Crippen LogP contribution in [0.4, 0.5) is 10.1 Å². The summed E-state index contributed by atoms with van der Waals surface area (Å²) < 4.78 is 14.7. The van der Waals surface area contributed by atoms with E-state index in [9.17, 15) is 4.39 Å². The highest BCUT2D eigenvalue weighted by atomic mass is 35.5. The van der Waals surface area contributed by atoms with Crippen molar-refractivity contribution < 1.29 is 9.23 Å². The van der Waals surface area contributed by atoms with E-state index < -0.39 is 6.10 Å². The van der Waals surface area contributed by atoms with Crippen molar-refractivity contribution in [3.63, 3.8) is 0 Å². The van der Waals surface area contributed by atoms with Gasteiger partial charge >= 0.3 is 0 Å². The van der Waals surface area contributed by atoms with Gasteiger partial charge in [-0.25, -0.2) is 9.38 Å². The quantitative estimate of drug-likeness (QED) is 0.529. The molecule has 0 radical (unpaired) electrons. The van der Waals surface area contributed by atoms with Gasteiger partial charge in [0.25, 0.3) is 0 Å². The van der Waals surface area contributed by atoms with Crippen molar-refractivity contribution in [1.29, 1.82) is 0 Å². The lowest BCUT2D eigenvalue weighted by Gasteiger charge is -2.13. The third kappa shape index (κ3) is 3.88.